The predicted octanol–water partition coefficient (Wildman–Crippen LogP) is 6.88. The molecule has 0 radical (unpaired) electrons. The molecule has 1 atom stereocenters. The Balaban J connectivity index is 1.60. The number of rotatable bonds is 7. The summed E-state index contributed by atoms with van der Waals surface area (Å²) in [4.78, 5) is 30.2. The molecule has 0 N–H and O–H groups in total. The molecule has 0 aliphatic carbocycles. The lowest BCUT2D eigenvalue weighted by atomic mass is 9.95. The lowest BCUT2D eigenvalue weighted by Gasteiger charge is -2.26. The van der Waals surface area contributed by atoms with Crippen LogP contribution in [-0.4, -0.2) is 23.3 Å². The predicted molar refractivity (Wildman–Crippen MR) is 159 cm³/mol. The Morgan fingerprint density at radius 1 is 1.05 bits per heavy atom. The number of nitrogens with zero attached hydrogens (tertiary/aromatic N) is 2. The number of carbonyl (C=O) groups excluding carboxylic acids is 1. The highest BCUT2D eigenvalue weighted by Gasteiger charge is 2.45. The van der Waals surface area contributed by atoms with Gasteiger partial charge in [0.2, 0.25) is 0 Å². The van der Waals surface area contributed by atoms with Crippen molar-refractivity contribution in [1.29, 1.82) is 0 Å². The number of esters is 1. The zero-order valence-electron chi connectivity index (χ0n) is 22.1. The van der Waals surface area contributed by atoms with Crippen LogP contribution in [0.25, 0.3) is 6.08 Å². The highest BCUT2D eigenvalue weighted by Crippen LogP contribution is 2.38. The van der Waals surface area contributed by atoms with Gasteiger partial charge in [-0.1, -0.05) is 76.5 Å². The molecular formula is C30H20Cl3F3N2O4S. The van der Waals surface area contributed by atoms with E-state index in [-0.39, 0.29) is 28.1 Å². The first-order valence-corrected chi connectivity index (χ1v) is 14.6. The van der Waals surface area contributed by atoms with E-state index in [0.29, 0.717) is 31.9 Å². The summed E-state index contributed by atoms with van der Waals surface area (Å²) in [5.74, 6) is -0.756. The number of thiazole rings is 1. The van der Waals surface area contributed by atoms with Gasteiger partial charge in [-0.3, -0.25) is 9.36 Å². The molecule has 0 saturated carbocycles. The smallest absolute Gasteiger partial charge is 0.434 e. The van der Waals surface area contributed by atoms with Crippen molar-refractivity contribution < 1.29 is 27.4 Å². The first kappa shape index (κ1) is 30.9. The standard InChI is InChI=1S/C30H20Cl3F3N2O4S/c1-2-41-28(40)24-25(17-6-9-19(31)10-7-17)38-27(39)23(43-29(38)37-26(24)30(34,35)36)13-16-4-3-5-21(12-16)42-15-18-8-11-20(32)14-22(18)33/h3-14,25H,2,15H2,1H3/b23-13-/t25-/m1/s1. The number of carbonyl (C=O) groups is 1. The number of aromatic nitrogens is 1. The molecular weight excluding hydrogens is 648 g/mol. The van der Waals surface area contributed by atoms with Crippen molar-refractivity contribution in [1.82, 2.24) is 4.57 Å². The first-order chi connectivity index (χ1) is 20.5. The van der Waals surface area contributed by atoms with Gasteiger partial charge in [-0.15, -0.1) is 0 Å². The SMILES string of the molecule is CCOC(=O)C1=C(C(F)(F)F)N=c2s/c(=C\c3cccc(OCc4ccc(Cl)cc4Cl)c3)c(=O)n2[C@@H]1c1ccc(Cl)cc1. The van der Waals surface area contributed by atoms with Gasteiger partial charge in [-0.25, -0.2) is 9.79 Å². The topological polar surface area (TPSA) is 69.9 Å². The van der Waals surface area contributed by atoms with Crippen molar-refractivity contribution in [3.8, 4) is 5.75 Å². The van der Waals surface area contributed by atoms with Crippen molar-refractivity contribution in [3.63, 3.8) is 0 Å². The first-order valence-electron chi connectivity index (χ1n) is 12.7. The number of benzene rings is 3. The van der Waals surface area contributed by atoms with Crippen LogP contribution in [0.4, 0.5) is 13.2 Å². The lowest BCUT2D eigenvalue weighted by molar-refractivity contribution is -0.140. The van der Waals surface area contributed by atoms with E-state index in [1.807, 2.05) is 0 Å². The van der Waals surface area contributed by atoms with E-state index in [2.05, 4.69) is 4.99 Å². The van der Waals surface area contributed by atoms with Crippen LogP contribution in [0.1, 0.15) is 29.7 Å². The zero-order chi connectivity index (χ0) is 30.9. The van der Waals surface area contributed by atoms with Crippen molar-refractivity contribution in [2.45, 2.75) is 25.7 Å². The molecule has 1 aromatic heterocycles. The van der Waals surface area contributed by atoms with E-state index in [1.54, 1.807) is 42.5 Å². The van der Waals surface area contributed by atoms with Crippen LogP contribution in [0.3, 0.4) is 0 Å². The fraction of sp³-hybridized carbons (Fsp3) is 0.167. The van der Waals surface area contributed by atoms with Crippen molar-refractivity contribution in [2.24, 2.45) is 4.99 Å². The Labute approximate surface area is 261 Å². The summed E-state index contributed by atoms with van der Waals surface area (Å²) in [6, 6.07) is 16.2. The van der Waals surface area contributed by atoms with Crippen LogP contribution in [0.15, 0.2) is 87.8 Å². The lowest BCUT2D eigenvalue weighted by Crippen LogP contribution is -2.41. The second kappa shape index (κ2) is 12.6. The quantitative estimate of drug-likeness (QED) is 0.202. The minimum absolute atomic E-state index is 0.0993. The molecule has 0 unspecified atom stereocenters. The molecule has 2 heterocycles. The summed E-state index contributed by atoms with van der Waals surface area (Å²) in [6.07, 6.45) is -3.48. The number of alkyl halides is 3. The normalized spacial score (nSPS) is 15.2. The second-order valence-corrected chi connectivity index (χ2v) is 11.5. The summed E-state index contributed by atoms with van der Waals surface area (Å²) in [5.41, 5.74) is -1.35. The maximum atomic E-state index is 14.3. The maximum Gasteiger partial charge on any atom is 0.434 e. The number of hydrogen-bond donors (Lipinski definition) is 0. The molecule has 4 aromatic rings. The van der Waals surface area contributed by atoms with Gasteiger partial charge in [0.25, 0.3) is 5.56 Å². The van der Waals surface area contributed by atoms with Gasteiger partial charge in [-0.05, 0) is 60.5 Å². The third kappa shape index (κ3) is 6.67. The third-order valence-corrected chi connectivity index (χ3v) is 8.17. The van der Waals surface area contributed by atoms with E-state index in [9.17, 15) is 22.8 Å². The monoisotopic (exact) mass is 666 g/mol. The molecule has 6 nitrogen and oxygen atoms in total. The minimum atomic E-state index is -5.00. The molecule has 43 heavy (non-hydrogen) atoms. The van der Waals surface area contributed by atoms with E-state index in [4.69, 9.17) is 44.3 Å². The summed E-state index contributed by atoms with van der Waals surface area (Å²) in [6.45, 7) is 1.45. The Morgan fingerprint density at radius 2 is 1.77 bits per heavy atom. The molecule has 222 valence electrons. The van der Waals surface area contributed by atoms with Gasteiger partial charge in [0.05, 0.1) is 22.8 Å². The number of ether oxygens (including phenoxy) is 2. The van der Waals surface area contributed by atoms with Crippen LogP contribution in [-0.2, 0) is 16.1 Å². The Hall–Kier alpha value is -3.57. The Bertz CT molecular complexity index is 1920. The fourth-order valence-electron chi connectivity index (χ4n) is 4.45. The van der Waals surface area contributed by atoms with Crippen molar-refractivity contribution >= 4 is 58.2 Å². The van der Waals surface area contributed by atoms with Crippen molar-refractivity contribution in [3.05, 3.63) is 129 Å². The number of halogens is 6. The van der Waals surface area contributed by atoms with Crippen LogP contribution < -0.4 is 19.6 Å². The van der Waals surface area contributed by atoms with Gasteiger partial charge in [0.15, 0.2) is 10.5 Å². The molecule has 0 spiro atoms. The van der Waals surface area contributed by atoms with Gasteiger partial charge in [0.1, 0.15) is 12.4 Å². The number of allylic oxidation sites excluding steroid dienone is 1. The van der Waals surface area contributed by atoms with Crippen LogP contribution >= 0.6 is 46.1 Å². The van der Waals surface area contributed by atoms with E-state index in [1.165, 1.54) is 37.3 Å². The van der Waals surface area contributed by atoms with Crippen LogP contribution in [0.5, 0.6) is 5.75 Å². The molecule has 1 aliphatic rings. The molecule has 1 aliphatic heterocycles. The summed E-state index contributed by atoms with van der Waals surface area (Å²) >= 11 is 19.0. The highest BCUT2D eigenvalue weighted by atomic mass is 35.5. The molecule has 0 bridgehead atoms. The molecule has 0 fully saturated rings. The Kier molecular flexibility index (Phi) is 9.03. The number of hydrogen-bond acceptors (Lipinski definition) is 6. The second-order valence-electron chi connectivity index (χ2n) is 9.21. The summed E-state index contributed by atoms with van der Waals surface area (Å²) in [7, 11) is 0. The zero-order valence-corrected chi connectivity index (χ0v) is 25.2. The van der Waals surface area contributed by atoms with Gasteiger partial charge in [-0.2, -0.15) is 13.2 Å². The van der Waals surface area contributed by atoms with E-state index < -0.39 is 35.0 Å². The van der Waals surface area contributed by atoms with Gasteiger partial charge in [0, 0.05) is 20.6 Å². The van der Waals surface area contributed by atoms with Crippen LogP contribution in [0.2, 0.25) is 15.1 Å². The third-order valence-electron chi connectivity index (χ3n) is 6.35. The van der Waals surface area contributed by atoms with E-state index in [0.717, 1.165) is 15.9 Å². The molecule has 5 rings (SSSR count). The molecule has 13 heteroatoms. The summed E-state index contributed by atoms with van der Waals surface area (Å²) < 4.78 is 54.9. The van der Waals surface area contributed by atoms with Gasteiger partial charge >= 0.3 is 12.1 Å². The van der Waals surface area contributed by atoms with Crippen molar-refractivity contribution in [2.75, 3.05) is 6.61 Å². The average molecular weight is 668 g/mol. The molecule has 3 aromatic carbocycles. The fourth-order valence-corrected chi connectivity index (χ4v) is 6.04. The maximum absolute atomic E-state index is 14.3. The largest absolute Gasteiger partial charge is 0.489 e. The summed E-state index contributed by atoms with van der Waals surface area (Å²) in [5, 5.41) is 1.27. The Morgan fingerprint density at radius 3 is 2.44 bits per heavy atom. The highest BCUT2D eigenvalue weighted by molar-refractivity contribution is 7.07. The minimum Gasteiger partial charge on any atom is -0.489 e. The molecule has 0 amide bonds. The van der Waals surface area contributed by atoms with Crippen LogP contribution in [0, 0.1) is 0 Å². The van der Waals surface area contributed by atoms with E-state index >= 15 is 0 Å². The van der Waals surface area contributed by atoms with Gasteiger partial charge < -0.3 is 9.47 Å². The number of fused-ring (bicyclic) bond motifs is 1. The average Bonchev–Trinajstić information content (AvgIpc) is 3.26. The molecule has 0 saturated heterocycles.